The first-order valence-electron chi connectivity index (χ1n) is 6.17. The van der Waals surface area contributed by atoms with Crippen LogP contribution in [0.1, 0.15) is 23.4 Å². The van der Waals surface area contributed by atoms with E-state index in [-0.39, 0.29) is 5.38 Å². The molecule has 2 aromatic rings. The molecule has 19 heavy (non-hydrogen) atoms. The van der Waals surface area contributed by atoms with E-state index in [1.165, 1.54) is 0 Å². The summed E-state index contributed by atoms with van der Waals surface area (Å²) in [6.45, 7) is 2.62. The second kappa shape index (κ2) is 6.43. The number of rotatable bonds is 5. The molecule has 1 aromatic carbocycles. The number of pyridine rings is 1. The molecule has 1 aromatic heterocycles. The second-order valence-electron chi connectivity index (χ2n) is 4.23. The Bertz CT molecular complexity index is 543. The molecular weight excluding hydrogens is 260 g/mol. The van der Waals surface area contributed by atoms with E-state index in [9.17, 15) is 0 Å². The van der Waals surface area contributed by atoms with Gasteiger partial charge in [0.15, 0.2) is 0 Å². The van der Waals surface area contributed by atoms with Gasteiger partial charge in [0.05, 0.1) is 12.5 Å². The Balaban J connectivity index is 2.15. The monoisotopic (exact) mass is 276 g/mol. The SMILES string of the molecule is COc1ncccc1CNc1ccccc1C(C)Cl. The van der Waals surface area contributed by atoms with Crippen LogP contribution in [0, 0.1) is 0 Å². The van der Waals surface area contributed by atoms with Crippen LogP contribution >= 0.6 is 11.6 Å². The number of ether oxygens (including phenoxy) is 1. The molecule has 1 atom stereocenters. The Kier molecular flexibility index (Phi) is 4.63. The number of alkyl halides is 1. The van der Waals surface area contributed by atoms with E-state index in [2.05, 4.69) is 10.3 Å². The molecule has 0 aliphatic carbocycles. The van der Waals surface area contributed by atoms with Crippen molar-refractivity contribution in [3.63, 3.8) is 0 Å². The maximum atomic E-state index is 6.17. The zero-order chi connectivity index (χ0) is 13.7. The number of halogens is 1. The number of anilines is 1. The molecule has 0 saturated heterocycles. The van der Waals surface area contributed by atoms with E-state index in [4.69, 9.17) is 16.3 Å². The van der Waals surface area contributed by atoms with Crippen molar-refractivity contribution in [3.8, 4) is 5.88 Å². The predicted octanol–water partition coefficient (Wildman–Crippen LogP) is 4.00. The number of hydrogen-bond donors (Lipinski definition) is 1. The highest BCUT2D eigenvalue weighted by Crippen LogP contribution is 2.27. The largest absolute Gasteiger partial charge is 0.481 e. The minimum absolute atomic E-state index is 0.0282. The van der Waals surface area contributed by atoms with Crippen LogP contribution in [0.4, 0.5) is 5.69 Å². The van der Waals surface area contributed by atoms with Crippen LogP contribution in [0.3, 0.4) is 0 Å². The number of hydrogen-bond acceptors (Lipinski definition) is 3. The lowest BCUT2D eigenvalue weighted by Crippen LogP contribution is -2.05. The van der Waals surface area contributed by atoms with Gasteiger partial charge in [0.2, 0.25) is 5.88 Å². The van der Waals surface area contributed by atoms with Crippen molar-refractivity contribution >= 4 is 17.3 Å². The number of nitrogens with zero attached hydrogens (tertiary/aromatic N) is 1. The molecule has 3 nitrogen and oxygen atoms in total. The summed E-state index contributed by atoms with van der Waals surface area (Å²) in [4.78, 5) is 4.18. The van der Waals surface area contributed by atoms with Gasteiger partial charge in [0, 0.05) is 24.0 Å². The van der Waals surface area contributed by atoms with Crippen molar-refractivity contribution in [2.45, 2.75) is 18.8 Å². The molecule has 2 rings (SSSR count). The van der Waals surface area contributed by atoms with Crippen molar-refractivity contribution in [1.29, 1.82) is 0 Å². The van der Waals surface area contributed by atoms with Gasteiger partial charge in [-0.2, -0.15) is 0 Å². The highest BCUT2D eigenvalue weighted by atomic mass is 35.5. The Morgan fingerprint density at radius 1 is 1.26 bits per heavy atom. The smallest absolute Gasteiger partial charge is 0.218 e. The average Bonchev–Trinajstić information content (AvgIpc) is 2.45. The van der Waals surface area contributed by atoms with Gasteiger partial charge in [-0.05, 0) is 24.6 Å². The van der Waals surface area contributed by atoms with Crippen LogP contribution in [0.25, 0.3) is 0 Å². The summed E-state index contributed by atoms with van der Waals surface area (Å²) in [5.74, 6) is 0.645. The van der Waals surface area contributed by atoms with E-state index in [1.54, 1.807) is 13.3 Å². The van der Waals surface area contributed by atoms with Crippen molar-refractivity contribution in [1.82, 2.24) is 4.98 Å². The lowest BCUT2D eigenvalue weighted by atomic mass is 10.1. The highest BCUT2D eigenvalue weighted by molar-refractivity contribution is 6.21. The molecule has 0 amide bonds. The van der Waals surface area contributed by atoms with Crippen LogP contribution in [-0.2, 0) is 6.54 Å². The Labute approximate surface area is 118 Å². The minimum atomic E-state index is -0.0282. The van der Waals surface area contributed by atoms with Gasteiger partial charge >= 0.3 is 0 Å². The van der Waals surface area contributed by atoms with E-state index in [1.807, 2.05) is 43.3 Å². The maximum Gasteiger partial charge on any atom is 0.218 e. The summed E-state index contributed by atoms with van der Waals surface area (Å²) < 4.78 is 5.23. The summed E-state index contributed by atoms with van der Waals surface area (Å²) in [5.41, 5.74) is 3.14. The maximum absolute atomic E-state index is 6.17. The van der Waals surface area contributed by atoms with E-state index in [0.29, 0.717) is 12.4 Å². The summed E-state index contributed by atoms with van der Waals surface area (Å²) in [6, 6.07) is 11.9. The van der Waals surface area contributed by atoms with Crippen LogP contribution < -0.4 is 10.1 Å². The molecule has 4 heteroatoms. The van der Waals surface area contributed by atoms with E-state index < -0.39 is 0 Å². The summed E-state index contributed by atoms with van der Waals surface area (Å²) in [6.07, 6.45) is 1.72. The number of aromatic nitrogens is 1. The Morgan fingerprint density at radius 2 is 2.05 bits per heavy atom. The fourth-order valence-electron chi connectivity index (χ4n) is 1.94. The van der Waals surface area contributed by atoms with Gasteiger partial charge in [0.25, 0.3) is 0 Å². The van der Waals surface area contributed by atoms with E-state index in [0.717, 1.165) is 16.8 Å². The highest BCUT2D eigenvalue weighted by Gasteiger charge is 2.08. The summed E-state index contributed by atoms with van der Waals surface area (Å²) in [5, 5.41) is 3.35. The standard InChI is InChI=1S/C15H17ClN2O/c1-11(16)13-7-3-4-8-14(13)18-10-12-6-5-9-17-15(12)19-2/h3-9,11,18H,10H2,1-2H3. The number of benzene rings is 1. The van der Waals surface area contributed by atoms with Crippen molar-refractivity contribution in [2.24, 2.45) is 0 Å². The molecule has 0 saturated carbocycles. The normalized spacial score (nSPS) is 11.9. The number of nitrogens with one attached hydrogen (secondary N) is 1. The molecule has 0 radical (unpaired) electrons. The first-order valence-corrected chi connectivity index (χ1v) is 6.60. The number of methoxy groups -OCH3 is 1. The van der Waals surface area contributed by atoms with Gasteiger partial charge in [-0.3, -0.25) is 0 Å². The van der Waals surface area contributed by atoms with Crippen molar-refractivity contribution in [2.75, 3.05) is 12.4 Å². The predicted molar refractivity (Wildman–Crippen MR) is 78.8 cm³/mol. The average molecular weight is 277 g/mol. The molecule has 0 aliphatic rings. The van der Waals surface area contributed by atoms with Crippen LogP contribution in [-0.4, -0.2) is 12.1 Å². The summed E-state index contributed by atoms with van der Waals surface area (Å²) in [7, 11) is 1.63. The third kappa shape index (κ3) is 3.38. The lowest BCUT2D eigenvalue weighted by molar-refractivity contribution is 0.393. The lowest BCUT2D eigenvalue weighted by Gasteiger charge is -2.14. The van der Waals surface area contributed by atoms with E-state index >= 15 is 0 Å². The quantitative estimate of drug-likeness (QED) is 0.838. The third-order valence-corrected chi connectivity index (χ3v) is 3.14. The first kappa shape index (κ1) is 13.7. The number of para-hydroxylation sites is 1. The molecule has 1 heterocycles. The van der Waals surface area contributed by atoms with Gasteiger partial charge in [0.1, 0.15) is 0 Å². The molecule has 0 spiro atoms. The summed E-state index contributed by atoms with van der Waals surface area (Å²) >= 11 is 6.17. The zero-order valence-electron chi connectivity index (χ0n) is 11.1. The van der Waals surface area contributed by atoms with Gasteiger partial charge in [-0.25, -0.2) is 4.98 Å². The third-order valence-electron chi connectivity index (χ3n) is 2.90. The molecule has 0 fully saturated rings. The first-order chi connectivity index (χ1) is 9.22. The van der Waals surface area contributed by atoms with Gasteiger partial charge < -0.3 is 10.1 Å². The van der Waals surface area contributed by atoms with Gasteiger partial charge in [-0.15, -0.1) is 11.6 Å². The molecule has 1 N–H and O–H groups in total. The molecule has 100 valence electrons. The Morgan fingerprint density at radius 3 is 2.79 bits per heavy atom. The minimum Gasteiger partial charge on any atom is -0.481 e. The molecule has 0 bridgehead atoms. The fourth-order valence-corrected chi connectivity index (χ4v) is 2.13. The van der Waals surface area contributed by atoms with Gasteiger partial charge in [-0.1, -0.05) is 24.3 Å². The van der Waals surface area contributed by atoms with Crippen molar-refractivity contribution in [3.05, 3.63) is 53.7 Å². The topological polar surface area (TPSA) is 34.1 Å². The molecule has 0 aliphatic heterocycles. The van der Waals surface area contributed by atoms with Crippen LogP contribution in [0.5, 0.6) is 5.88 Å². The van der Waals surface area contributed by atoms with Crippen LogP contribution in [0.15, 0.2) is 42.6 Å². The fraction of sp³-hybridized carbons (Fsp3) is 0.267. The Hall–Kier alpha value is -1.74. The zero-order valence-corrected chi connectivity index (χ0v) is 11.8. The van der Waals surface area contributed by atoms with Crippen molar-refractivity contribution < 1.29 is 4.74 Å². The van der Waals surface area contributed by atoms with Crippen LogP contribution in [0.2, 0.25) is 0 Å². The second-order valence-corrected chi connectivity index (χ2v) is 4.88. The molecule has 1 unspecified atom stereocenters. The molecular formula is C15H17ClN2O.